The zero-order valence-electron chi connectivity index (χ0n) is 9.12. The summed E-state index contributed by atoms with van der Waals surface area (Å²) in [6.07, 6.45) is 0. The van der Waals surface area contributed by atoms with Crippen molar-refractivity contribution in [1.29, 1.82) is 0 Å². The number of imidazole rings is 1. The quantitative estimate of drug-likeness (QED) is 0.641. The Bertz CT molecular complexity index is 414. The fourth-order valence-corrected chi connectivity index (χ4v) is 2.21. The molecule has 0 unspecified atom stereocenters. The lowest BCUT2D eigenvalue weighted by Gasteiger charge is -1.94. The molecule has 2 rings (SSSR count). The Kier molecular flexibility index (Phi) is 2.28. The number of aryl methyl sites for hydroxylation is 2. The molecule has 1 heterocycles. The molecule has 0 bridgehead atoms. The van der Waals surface area contributed by atoms with E-state index in [1.807, 2.05) is 0 Å². The molecule has 0 aliphatic rings. The molecule has 0 radical (unpaired) electrons. The largest absolute Gasteiger partial charge is 0.254 e. The van der Waals surface area contributed by atoms with Crippen LogP contribution in [-0.4, -0.2) is 4.57 Å². The number of nitrogens with zero attached hydrogens (tertiary/aromatic N) is 2. The van der Waals surface area contributed by atoms with Gasteiger partial charge < -0.3 is 0 Å². The number of hydrogen-bond acceptors (Lipinski definition) is 0. The molecule has 0 saturated carbocycles. The van der Waals surface area contributed by atoms with Gasteiger partial charge in [0.2, 0.25) is 0 Å². The Hall–Kier alpha value is -1.31. The predicted octanol–water partition coefficient (Wildman–Crippen LogP) is 2.28. The van der Waals surface area contributed by atoms with Crippen molar-refractivity contribution in [2.24, 2.45) is 0 Å². The molecule has 0 atom stereocenters. The number of aromatic nitrogens is 2. The number of hydrogen-bond donors (Lipinski definition) is 0. The first-order chi connectivity index (χ1) is 6.79. The third kappa shape index (κ3) is 1.14. The zero-order chi connectivity index (χ0) is 10.1. The van der Waals surface area contributed by atoms with Crippen LogP contribution in [0.4, 0.5) is 0 Å². The van der Waals surface area contributed by atoms with Gasteiger partial charge >= 0.3 is 0 Å². The molecule has 74 valence electrons. The molecule has 2 aromatic rings. The summed E-state index contributed by atoms with van der Waals surface area (Å²) in [7, 11) is 0. The van der Waals surface area contributed by atoms with Gasteiger partial charge in [0, 0.05) is 6.92 Å². The Morgan fingerprint density at radius 1 is 1.21 bits per heavy atom. The van der Waals surface area contributed by atoms with Gasteiger partial charge in [-0.15, -0.1) is 0 Å². The first kappa shape index (κ1) is 9.25. The monoisotopic (exact) mass is 189 g/mol. The molecule has 0 saturated heterocycles. The van der Waals surface area contributed by atoms with Crippen LogP contribution >= 0.6 is 0 Å². The highest BCUT2D eigenvalue weighted by Crippen LogP contribution is 2.13. The molecule has 0 amide bonds. The van der Waals surface area contributed by atoms with E-state index < -0.39 is 0 Å². The molecular formula is C12H17N2+. The highest BCUT2D eigenvalue weighted by molar-refractivity contribution is 5.72. The SMILES string of the molecule is CCn1c(C)[n+](CC)c2ccccc21. The van der Waals surface area contributed by atoms with Crippen molar-refractivity contribution in [1.82, 2.24) is 4.57 Å². The lowest BCUT2D eigenvalue weighted by Crippen LogP contribution is -2.34. The smallest absolute Gasteiger partial charge is 0.228 e. The van der Waals surface area contributed by atoms with Gasteiger partial charge in [-0.05, 0) is 26.0 Å². The van der Waals surface area contributed by atoms with Gasteiger partial charge in [0.15, 0.2) is 11.0 Å². The van der Waals surface area contributed by atoms with Crippen molar-refractivity contribution in [3.05, 3.63) is 30.1 Å². The first-order valence-corrected chi connectivity index (χ1v) is 5.27. The number of benzene rings is 1. The molecule has 2 heteroatoms. The van der Waals surface area contributed by atoms with Gasteiger partial charge in [0.25, 0.3) is 5.82 Å². The van der Waals surface area contributed by atoms with E-state index in [0.717, 1.165) is 13.1 Å². The van der Waals surface area contributed by atoms with E-state index >= 15 is 0 Å². The maximum absolute atomic E-state index is 2.36. The molecule has 0 spiro atoms. The van der Waals surface area contributed by atoms with Gasteiger partial charge in [-0.1, -0.05) is 12.1 Å². The number of para-hydroxylation sites is 2. The molecule has 1 aromatic heterocycles. The molecule has 0 aliphatic carbocycles. The van der Waals surface area contributed by atoms with Gasteiger partial charge in [-0.2, -0.15) is 0 Å². The molecule has 0 aliphatic heterocycles. The van der Waals surface area contributed by atoms with Crippen LogP contribution in [0.5, 0.6) is 0 Å². The number of fused-ring (bicyclic) bond motifs is 1. The second kappa shape index (κ2) is 3.45. The van der Waals surface area contributed by atoms with Crippen LogP contribution in [-0.2, 0) is 13.1 Å². The van der Waals surface area contributed by atoms with Crippen LogP contribution in [0.15, 0.2) is 24.3 Å². The van der Waals surface area contributed by atoms with Crippen LogP contribution < -0.4 is 4.57 Å². The molecule has 1 aromatic carbocycles. The van der Waals surface area contributed by atoms with Gasteiger partial charge in [-0.25, -0.2) is 9.13 Å². The number of rotatable bonds is 2. The van der Waals surface area contributed by atoms with Crippen LogP contribution in [0.3, 0.4) is 0 Å². The summed E-state index contributed by atoms with van der Waals surface area (Å²) in [5, 5.41) is 0. The maximum Gasteiger partial charge on any atom is 0.254 e. The predicted molar refractivity (Wildman–Crippen MR) is 58.2 cm³/mol. The van der Waals surface area contributed by atoms with E-state index in [4.69, 9.17) is 0 Å². The van der Waals surface area contributed by atoms with Crippen LogP contribution in [0.1, 0.15) is 19.7 Å². The second-order valence-corrected chi connectivity index (χ2v) is 3.52. The summed E-state index contributed by atoms with van der Waals surface area (Å²) in [6, 6.07) is 8.60. The Morgan fingerprint density at radius 2 is 1.93 bits per heavy atom. The van der Waals surface area contributed by atoms with Gasteiger partial charge in [0.05, 0.1) is 13.1 Å². The van der Waals surface area contributed by atoms with Gasteiger partial charge in [0.1, 0.15) is 0 Å². The van der Waals surface area contributed by atoms with Crippen LogP contribution in [0, 0.1) is 6.92 Å². The first-order valence-electron chi connectivity index (χ1n) is 5.27. The maximum atomic E-state index is 2.36. The average molecular weight is 189 g/mol. The lowest BCUT2D eigenvalue weighted by atomic mass is 10.3. The van der Waals surface area contributed by atoms with Crippen molar-refractivity contribution in [3.8, 4) is 0 Å². The summed E-state index contributed by atoms with van der Waals surface area (Å²) in [6.45, 7) is 8.66. The lowest BCUT2D eigenvalue weighted by molar-refractivity contribution is -0.674. The fraction of sp³-hybridized carbons (Fsp3) is 0.417. The standard InChI is InChI=1S/C12H17N2/c1-4-13-10(3)14(5-2)12-9-7-6-8-11(12)13/h6-9H,4-5H2,1-3H3/q+1. The molecule has 14 heavy (non-hydrogen) atoms. The van der Waals surface area contributed by atoms with E-state index in [-0.39, 0.29) is 0 Å². The highest BCUT2D eigenvalue weighted by Gasteiger charge is 2.17. The normalized spacial score (nSPS) is 11.1. The topological polar surface area (TPSA) is 8.81 Å². The third-order valence-corrected chi connectivity index (χ3v) is 2.88. The highest BCUT2D eigenvalue weighted by atomic mass is 15.2. The summed E-state index contributed by atoms with van der Waals surface area (Å²) in [5.41, 5.74) is 2.68. The fourth-order valence-electron chi connectivity index (χ4n) is 2.21. The van der Waals surface area contributed by atoms with Crippen molar-refractivity contribution >= 4 is 11.0 Å². The van der Waals surface area contributed by atoms with E-state index in [9.17, 15) is 0 Å². The Labute approximate surface area is 84.8 Å². The minimum Gasteiger partial charge on any atom is -0.228 e. The summed E-state index contributed by atoms with van der Waals surface area (Å²) in [5.74, 6) is 1.34. The summed E-state index contributed by atoms with van der Waals surface area (Å²) in [4.78, 5) is 0. The average Bonchev–Trinajstić information content (AvgIpc) is 2.49. The third-order valence-electron chi connectivity index (χ3n) is 2.88. The summed E-state index contributed by atoms with van der Waals surface area (Å²) < 4.78 is 4.72. The molecule has 0 N–H and O–H groups in total. The van der Waals surface area contributed by atoms with E-state index in [1.54, 1.807) is 0 Å². The van der Waals surface area contributed by atoms with Crippen LogP contribution in [0.25, 0.3) is 11.0 Å². The molecule has 0 fully saturated rings. The van der Waals surface area contributed by atoms with Crippen molar-refractivity contribution < 1.29 is 4.57 Å². The minimum atomic E-state index is 1.04. The van der Waals surface area contributed by atoms with E-state index in [2.05, 4.69) is 54.2 Å². The Morgan fingerprint density at radius 3 is 2.57 bits per heavy atom. The minimum absolute atomic E-state index is 1.04. The molecular weight excluding hydrogens is 172 g/mol. The van der Waals surface area contributed by atoms with E-state index in [1.165, 1.54) is 16.9 Å². The van der Waals surface area contributed by atoms with Crippen molar-refractivity contribution in [2.45, 2.75) is 33.9 Å². The Balaban J connectivity index is 2.85. The summed E-state index contributed by atoms with van der Waals surface area (Å²) >= 11 is 0. The van der Waals surface area contributed by atoms with E-state index in [0.29, 0.717) is 0 Å². The molecule has 2 nitrogen and oxygen atoms in total. The second-order valence-electron chi connectivity index (χ2n) is 3.52. The van der Waals surface area contributed by atoms with Crippen molar-refractivity contribution in [3.63, 3.8) is 0 Å². The zero-order valence-corrected chi connectivity index (χ0v) is 9.12. The van der Waals surface area contributed by atoms with Crippen LogP contribution in [0.2, 0.25) is 0 Å². The van der Waals surface area contributed by atoms with Gasteiger partial charge in [-0.3, -0.25) is 0 Å². The van der Waals surface area contributed by atoms with Crippen molar-refractivity contribution in [2.75, 3.05) is 0 Å².